The van der Waals surface area contributed by atoms with Crippen LogP contribution in [-0.2, 0) is 6.42 Å². The van der Waals surface area contributed by atoms with Crippen LogP contribution >= 0.6 is 22.7 Å². The van der Waals surface area contributed by atoms with Gasteiger partial charge >= 0.3 is 5.97 Å². The monoisotopic (exact) mass is 297 g/mol. The van der Waals surface area contributed by atoms with Crippen LogP contribution in [-0.4, -0.2) is 33.4 Å². The lowest BCUT2D eigenvalue weighted by atomic mass is 10.3. The molecule has 19 heavy (non-hydrogen) atoms. The fraction of sp³-hybridized carbons (Fsp3) is 0.273. The lowest BCUT2D eigenvalue weighted by Crippen LogP contribution is -2.06. The predicted molar refractivity (Wildman–Crippen MR) is 73.4 cm³/mol. The number of thiazole rings is 2. The van der Waals surface area contributed by atoms with Gasteiger partial charge in [-0.2, -0.15) is 0 Å². The summed E-state index contributed by atoms with van der Waals surface area (Å²) in [4.78, 5) is 30.5. The van der Waals surface area contributed by atoms with E-state index in [0.29, 0.717) is 11.7 Å². The van der Waals surface area contributed by atoms with E-state index in [9.17, 15) is 9.59 Å². The minimum Gasteiger partial charge on any atom is -0.476 e. The molecule has 0 aliphatic rings. The smallest absolute Gasteiger partial charge is 0.356 e. The van der Waals surface area contributed by atoms with E-state index in [2.05, 4.69) is 15.3 Å². The molecule has 0 aliphatic carbocycles. The van der Waals surface area contributed by atoms with Crippen LogP contribution in [0.25, 0.3) is 0 Å². The highest BCUT2D eigenvalue weighted by molar-refractivity contribution is 7.17. The number of carbonyl (C=O) groups is 2. The first kappa shape index (κ1) is 13.6. The number of carboxylic acids is 1. The van der Waals surface area contributed by atoms with Crippen LogP contribution in [0.15, 0.2) is 10.9 Å². The molecule has 0 spiro atoms. The third-order valence-corrected chi connectivity index (χ3v) is 4.04. The summed E-state index contributed by atoms with van der Waals surface area (Å²) in [5.74, 6) is -1.48. The van der Waals surface area contributed by atoms with E-state index in [4.69, 9.17) is 5.11 Å². The predicted octanol–water partition coefficient (Wildman–Crippen LogP) is 2.15. The molecule has 2 N–H and O–H groups in total. The second-order valence-corrected chi connectivity index (χ2v) is 5.43. The zero-order valence-electron chi connectivity index (χ0n) is 10.0. The number of carbonyl (C=O) groups excluding carboxylic acids is 1. The molecule has 2 rings (SSSR count). The molecule has 0 saturated carbocycles. The fourth-order valence-corrected chi connectivity index (χ4v) is 2.91. The van der Waals surface area contributed by atoms with Gasteiger partial charge in [-0.25, -0.2) is 14.8 Å². The first-order valence-corrected chi connectivity index (χ1v) is 7.20. The average Bonchev–Trinajstić information content (AvgIpc) is 2.97. The van der Waals surface area contributed by atoms with E-state index >= 15 is 0 Å². The number of aromatic carboxylic acids is 1. The minimum atomic E-state index is -1.19. The number of rotatable bonds is 6. The molecule has 0 bridgehead atoms. The highest BCUT2D eigenvalue weighted by Gasteiger charge is 2.20. The first-order valence-electron chi connectivity index (χ1n) is 5.44. The van der Waals surface area contributed by atoms with Crippen molar-refractivity contribution in [3.63, 3.8) is 0 Å². The quantitative estimate of drug-likeness (QED) is 0.794. The standard InChI is InChI=1S/C11H11N3O3S2/c1-6(15)9-8(10(16)17)14-11(19-9)12-3-2-7-4-18-5-13-7/h4-5H,2-3H2,1H3,(H,12,14)(H,16,17). The van der Waals surface area contributed by atoms with E-state index < -0.39 is 5.97 Å². The zero-order valence-corrected chi connectivity index (χ0v) is 11.7. The molecule has 0 atom stereocenters. The van der Waals surface area contributed by atoms with E-state index in [0.717, 1.165) is 23.5 Å². The van der Waals surface area contributed by atoms with Crippen molar-refractivity contribution in [3.8, 4) is 0 Å². The molecule has 0 fully saturated rings. The van der Waals surface area contributed by atoms with Crippen LogP contribution in [0, 0.1) is 0 Å². The molecule has 0 aromatic carbocycles. The van der Waals surface area contributed by atoms with Crippen LogP contribution in [0.2, 0.25) is 0 Å². The number of hydrogen-bond acceptors (Lipinski definition) is 7. The van der Waals surface area contributed by atoms with E-state index in [1.807, 2.05) is 5.38 Å². The van der Waals surface area contributed by atoms with Gasteiger partial charge in [0.25, 0.3) is 0 Å². The van der Waals surface area contributed by atoms with E-state index in [-0.39, 0.29) is 16.4 Å². The van der Waals surface area contributed by atoms with Crippen molar-refractivity contribution in [2.24, 2.45) is 0 Å². The topological polar surface area (TPSA) is 92.2 Å². The number of nitrogens with one attached hydrogen (secondary N) is 1. The summed E-state index contributed by atoms with van der Waals surface area (Å²) in [6.45, 7) is 1.92. The van der Waals surface area contributed by atoms with Crippen molar-refractivity contribution in [2.75, 3.05) is 11.9 Å². The SMILES string of the molecule is CC(=O)c1sc(NCCc2cscn2)nc1C(=O)O. The maximum absolute atomic E-state index is 11.3. The van der Waals surface area contributed by atoms with E-state index in [1.54, 1.807) is 5.51 Å². The van der Waals surface area contributed by atoms with Crippen LogP contribution in [0.4, 0.5) is 5.13 Å². The summed E-state index contributed by atoms with van der Waals surface area (Å²) in [6.07, 6.45) is 0.723. The molecule has 2 aromatic rings. The number of Topliss-reactive ketones (excluding diaryl/α,β-unsaturated/α-hetero) is 1. The van der Waals surface area contributed by atoms with Gasteiger partial charge in [0.2, 0.25) is 0 Å². The van der Waals surface area contributed by atoms with Gasteiger partial charge in [0.05, 0.1) is 11.2 Å². The fourth-order valence-electron chi connectivity index (χ4n) is 1.44. The molecule has 6 nitrogen and oxygen atoms in total. The second-order valence-electron chi connectivity index (χ2n) is 3.71. The van der Waals surface area contributed by atoms with Crippen molar-refractivity contribution in [1.29, 1.82) is 0 Å². The van der Waals surface area contributed by atoms with Crippen molar-refractivity contribution < 1.29 is 14.7 Å². The van der Waals surface area contributed by atoms with Gasteiger partial charge in [-0.1, -0.05) is 11.3 Å². The Morgan fingerprint density at radius 2 is 2.26 bits per heavy atom. The number of carboxylic acid groups (broad SMARTS) is 1. The first-order chi connectivity index (χ1) is 9.08. The Morgan fingerprint density at radius 1 is 1.47 bits per heavy atom. The number of aromatic nitrogens is 2. The summed E-state index contributed by atoms with van der Waals surface area (Å²) in [7, 11) is 0. The Hall–Kier alpha value is -1.80. The highest BCUT2D eigenvalue weighted by Crippen LogP contribution is 2.23. The van der Waals surface area contributed by atoms with Gasteiger partial charge in [-0.15, -0.1) is 11.3 Å². The lowest BCUT2D eigenvalue weighted by molar-refractivity contribution is 0.0687. The third kappa shape index (κ3) is 3.36. The molecule has 0 radical (unpaired) electrons. The molecule has 0 aliphatic heterocycles. The zero-order chi connectivity index (χ0) is 13.8. The highest BCUT2D eigenvalue weighted by atomic mass is 32.1. The van der Waals surface area contributed by atoms with Gasteiger partial charge in [0, 0.05) is 25.3 Å². The number of ketones is 1. The normalized spacial score (nSPS) is 10.4. The van der Waals surface area contributed by atoms with Crippen LogP contribution in [0.3, 0.4) is 0 Å². The molecular weight excluding hydrogens is 286 g/mol. The Kier molecular flexibility index (Phi) is 4.23. The third-order valence-electron chi connectivity index (χ3n) is 2.29. The van der Waals surface area contributed by atoms with Crippen molar-refractivity contribution >= 4 is 39.6 Å². The molecule has 100 valence electrons. The van der Waals surface area contributed by atoms with Crippen molar-refractivity contribution in [1.82, 2.24) is 9.97 Å². The van der Waals surface area contributed by atoms with Crippen LogP contribution < -0.4 is 5.32 Å². The van der Waals surface area contributed by atoms with Crippen molar-refractivity contribution in [2.45, 2.75) is 13.3 Å². The van der Waals surface area contributed by atoms with E-state index in [1.165, 1.54) is 18.3 Å². The Morgan fingerprint density at radius 3 is 2.79 bits per heavy atom. The molecule has 0 amide bonds. The molecule has 0 unspecified atom stereocenters. The number of anilines is 1. The molecule has 2 aromatic heterocycles. The van der Waals surface area contributed by atoms with Crippen molar-refractivity contribution in [3.05, 3.63) is 27.2 Å². The molecule has 0 saturated heterocycles. The minimum absolute atomic E-state index is 0.170. The largest absolute Gasteiger partial charge is 0.476 e. The molecular formula is C11H11N3O3S2. The number of hydrogen-bond donors (Lipinski definition) is 2. The maximum atomic E-state index is 11.3. The Bertz CT molecular complexity index is 561. The summed E-state index contributed by atoms with van der Waals surface area (Å²) in [6, 6.07) is 0. The molecule has 8 heteroatoms. The summed E-state index contributed by atoms with van der Waals surface area (Å²) < 4.78 is 0. The Labute approximate surface area is 117 Å². The van der Waals surface area contributed by atoms with Gasteiger partial charge in [-0.05, 0) is 0 Å². The molecule has 2 heterocycles. The Balaban J connectivity index is 2.02. The number of nitrogens with zero attached hydrogens (tertiary/aromatic N) is 2. The van der Waals surface area contributed by atoms with Crippen LogP contribution in [0.1, 0.15) is 32.8 Å². The second kappa shape index (κ2) is 5.89. The van der Waals surface area contributed by atoms with Gasteiger partial charge in [0.15, 0.2) is 16.6 Å². The van der Waals surface area contributed by atoms with Gasteiger partial charge < -0.3 is 10.4 Å². The lowest BCUT2D eigenvalue weighted by Gasteiger charge is -1.99. The van der Waals surface area contributed by atoms with Gasteiger partial charge in [-0.3, -0.25) is 4.79 Å². The summed E-state index contributed by atoms with van der Waals surface area (Å²) >= 11 is 2.59. The summed E-state index contributed by atoms with van der Waals surface area (Å²) in [5, 5.41) is 14.4. The average molecular weight is 297 g/mol. The van der Waals surface area contributed by atoms with Gasteiger partial charge in [0.1, 0.15) is 4.88 Å². The maximum Gasteiger partial charge on any atom is 0.356 e. The van der Waals surface area contributed by atoms with Crippen LogP contribution in [0.5, 0.6) is 0 Å². The summed E-state index contributed by atoms with van der Waals surface area (Å²) in [5.41, 5.74) is 2.54.